The third kappa shape index (κ3) is 4.98. The van der Waals surface area contributed by atoms with E-state index in [2.05, 4.69) is 10.6 Å². The molecular weight excluding hydrogens is 376 g/mol. The summed E-state index contributed by atoms with van der Waals surface area (Å²) in [7, 11) is 0. The predicted molar refractivity (Wildman–Crippen MR) is 114 cm³/mol. The second-order valence-electron chi connectivity index (χ2n) is 6.25. The molecule has 6 nitrogen and oxygen atoms in total. The summed E-state index contributed by atoms with van der Waals surface area (Å²) in [6.45, 7) is 8.25. The van der Waals surface area contributed by atoms with Gasteiger partial charge < -0.3 is 29.6 Å². The van der Waals surface area contributed by atoms with E-state index in [-0.39, 0.29) is 6.04 Å². The van der Waals surface area contributed by atoms with Crippen LogP contribution in [0.3, 0.4) is 0 Å². The molecule has 28 heavy (non-hydrogen) atoms. The molecule has 1 aliphatic rings. The molecule has 0 bridgehead atoms. The number of fused-ring (bicyclic) bond motifs is 1. The number of rotatable bonds is 7. The van der Waals surface area contributed by atoms with Gasteiger partial charge >= 0.3 is 0 Å². The summed E-state index contributed by atoms with van der Waals surface area (Å²) >= 11 is 5.47. The summed E-state index contributed by atoms with van der Waals surface area (Å²) < 4.78 is 22.5. The van der Waals surface area contributed by atoms with Crippen molar-refractivity contribution in [3.63, 3.8) is 0 Å². The normalized spacial score (nSPS) is 13.4. The molecule has 0 unspecified atom stereocenters. The van der Waals surface area contributed by atoms with Crippen molar-refractivity contribution in [2.75, 3.05) is 31.7 Å². The Balaban J connectivity index is 1.64. The number of ether oxygens (including phenoxy) is 4. The van der Waals surface area contributed by atoms with E-state index in [1.165, 1.54) is 0 Å². The minimum Gasteiger partial charge on any atom is -0.490 e. The lowest BCUT2D eigenvalue weighted by molar-refractivity contribution is 0.171. The molecule has 150 valence electrons. The summed E-state index contributed by atoms with van der Waals surface area (Å²) in [5.41, 5.74) is 1.90. The predicted octanol–water partition coefficient (Wildman–Crippen LogP) is 4.30. The quantitative estimate of drug-likeness (QED) is 0.670. The molecule has 0 saturated carbocycles. The van der Waals surface area contributed by atoms with Gasteiger partial charge in [-0.1, -0.05) is 6.07 Å². The van der Waals surface area contributed by atoms with Crippen molar-refractivity contribution < 1.29 is 18.9 Å². The van der Waals surface area contributed by atoms with Crippen LogP contribution >= 0.6 is 12.2 Å². The van der Waals surface area contributed by atoms with Crippen molar-refractivity contribution in [3.8, 4) is 23.0 Å². The number of benzene rings is 2. The van der Waals surface area contributed by atoms with Crippen molar-refractivity contribution in [1.29, 1.82) is 0 Å². The van der Waals surface area contributed by atoms with Crippen molar-refractivity contribution in [2.24, 2.45) is 0 Å². The molecule has 1 aliphatic heterocycles. The summed E-state index contributed by atoms with van der Waals surface area (Å²) in [5, 5.41) is 7.01. The lowest BCUT2D eigenvalue weighted by atomic mass is 10.1. The van der Waals surface area contributed by atoms with E-state index in [0.29, 0.717) is 31.5 Å². The third-order valence-electron chi connectivity index (χ3n) is 4.22. The molecule has 0 amide bonds. The zero-order chi connectivity index (χ0) is 19.9. The van der Waals surface area contributed by atoms with Crippen LogP contribution in [-0.4, -0.2) is 31.5 Å². The first kappa shape index (κ1) is 20.1. The van der Waals surface area contributed by atoms with Crippen LogP contribution in [0.2, 0.25) is 0 Å². The maximum absolute atomic E-state index is 5.71. The van der Waals surface area contributed by atoms with Crippen LogP contribution in [0.1, 0.15) is 32.4 Å². The van der Waals surface area contributed by atoms with E-state index >= 15 is 0 Å². The first-order valence-corrected chi connectivity index (χ1v) is 9.88. The van der Waals surface area contributed by atoms with E-state index in [4.69, 9.17) is 31.2 Å². The van der Waals surface area contributed by atoms with E-state index in [0.717, 1.165) is 34.2 Å². The summed E-state index contributed by atoms with van der Waals surface area (Å²) in [4.78, 5) is 0. The molecular formula is C21H26N2O4S. The molecule has 2 N–H and O–H groups in total. The Bertz CT molecular complexity index is 828. The molecule has 2 aromatic carbocycles. The third-order valence-corrected chi connectivity index (χ3v) is 4.44. The highest BCUT2D eigenvalue weighted by molar-refractivity contribution is 7.80. The van der Waals surface area contributed by atoms with Crippen LogP contribution in [0, 0.1) is 0 Å². The average Bonchev–Trinajstić information content (AvgIpc) is 2.69. The fraction of sp³-hybridized carbons (Fsp3) is 0.381. The van der Waals surface area contributed by atoms with Gasteiger partial charge in [-0.3, -0.25) is 0 Å². The standard InChI is InChI=1S/C21H26N2O4S/c1-4-24-17-8-6-15(12-19(17)25-5-2)14(3)22-21(28)23-16-7-9-18-20(13-16)27-11-10-26-18/h6-9,12-14H,4-5,10-11H2,1-3H3,(H2,22,23,28)/t14-/m1/s1. The van der Waals surface area contributed by atoms with Gasteiger partial charge in [-0.05, 0) is 62.8 Å². The lowest BCUT2D eigenvalue weighted by Crippen LogP contribution is -2.31. The Morgan fingerprint density at radius 1 is 1.00 bits per heavy atom. The summed E-state index contributed by atoms with van der Waals surface area (Å²) in [5.74, 6) is 2.96. The van der Waals surface area contributed by atoms with Gasteiger partial charge in [0.25, 0.3) is 0 Å². The molecule has 0 fully saturated rings. The molecule has 0 spiro atoms. The highest BCUT2D eigenvalue weighted by Crippen LogP contribution is 2.33. The monoisotopic (exact) mass is 402 g/mol. The Morgan fingerprint density at radius 2 is 1.71 bits per heavy atom. The van der Waals surface area contributed by atoms with Crippen molar-refractivity contribution in [3.05, 3.63) is 42.0 Å². The number of thiocarbonyl (C=S) groups is 1. The fourth-order valence-electron chi connectivity index (χ4n) is 2.91. The van der Waals surface area contributed by atoms with Gasteiger partial charge in [0, 0.05) is 11.8 Å². The fourth-order valence-corrected chi connectivity index (χ4v) is 3.20. The lowest BCUT2D eigenvalue weighted by Gasteiger charge is -2.21. The zero-order valence-corrected chi connectivity index (χ0v) is 17.2. The van der Waals surface area contributed by atoms with Gasteiger partial charge in [-0.2, -0.15) is 0 Å². The molecule has 0 aromatic heterocycles. The number of hydrogen-bond acceptors (Lipinski definition) is 5. The van der Waals surface area contributed by atoms with E-state index in [1.807, 2.05) is 57.2 Å². The average molecular weight is 403 g/mol. The minimum atomic E-state index is -0.00732. The molecule has 7 heteroatoms. The van der Waals surface area contributed by atoms with Crippen LogP contribution in [0.15, 0.2) is 36.4 Å². The number of anilines is 1. The van der Waals surface area contributed by atoms with E-state index in [9.17, 15) is 0 Å². The maximum Gasteiger partial charge on any atom is 0.171 e. The van der Waals surface area contributed by atoms with Gasteiger partial charge in [-0.25, -0.2) is 0 Å². The Hall–Kier alpha value is -2.67. The first-order valence-electron chi connectivity index (χ1n) is 9.47. The zero-order valence-electron chi connectivity index (χ0n) is 16.4. The highest BCUT2D eigenvalue weighted by Gasteiger charge is 2.14. The molecule has 0 saturated heterocycles. The van der Waals surface area contributed by atoms with Crippen molar-refractivity contribution >= 4 is 23.0 Å². The van der Waals surface area contributed by atoms with Crippen LogP contribution in [0.25, 0.3) is 0 Å². The second kappa shape index (κ2) is 9.50. The van der Waals surface area contributed by atoms with Gasteiger partial charge in [0.05, 0.1) is 19.3 Å². The molecule has 2 aromatic rings. The van der Waals surface area contributed by atoms with Crippen LogP contribution < -0.4 is 29.6 Å². The minimum absolute atomic E-state index is 0.00732. The Kier molecular flexibility index (Phi) is 6.81. The topological polar surface area (TPSA) is 61.0 Å². The summed E-state index contributed by atoms with van der Waals surface area (Å²) in [6, 6.07) is 11.6. The molecule has 1 atom stereocenters. The smallest absolute Gasteiger partial charge is 0.171 e. The molecule has 0 aliphatic carbocycles. The maximum atomic E-state index is 5.71. The van der Waals surface area contributed by atoms with E-state index < -0.39 is 0 Å². The van der Waals surface area contributed by atoms with Crippen LogP contribution in [0.5, 0.6) is 23.0 Å². The van der Waals surface area contributed by atoms with Crippen molar-refractivity contribution in [2.45, 2.75) is 26.8 Å². The number of nitrogens with one attached hydrogen (secondary N) is 2. The Labute approximate surface area is 171 Å². The molecule has 1 heterocycles. The first-order chi connectivity index (χ1) is 13.6. The van der Waals surface area contributed by atoms with Gasteiger partial charge in [0.2, 0.25) is 0 Å². The van der Waals surface area contributed by atoms with E-state index in [1.54, 1.807) is 0 Å². The van der Waals surface area contributed by atoms with Crippen LogP contribution in [-0.2, 0) is 0 Å². The highest BCUT2D eigenvalue weighted by atomic mass is 32.1. The summed E-state index contributed by atoms with van der Waals surface area (Å²) in [6.07, 6.45) is 0. The number of hydrogen-bond donors (Lipinski definition) is 2. The SMILES string of the molecule is CCOc1ccc([C@@H](C)NC(=S)Nc2ccc3c(c2)OCCO3)cc1OCC. The Morgan fingerprint density at radius 3 is 2.46 bits per heavy atom. The van der Waals surface area contributed by atoms with Gasteiger partial charge in [0.15, 0.2) is 28.1 Å². The second-order valence-corrected chi connectivity index (χ2v) is 6.66. The molecule has 0 radical (unpaired) electrons. The van der Waals surface area contributed by atoms with Crippen LogP contribution in [0.4, 0.5) is 5.69 Å². The largest absolute Gasteiger partial charge is 0.490 e. The molecule has 3 rings (SSSR count). The van der Waals surface area contributed by atoms with Gasteiger partial charge in [0.1, 0.15) is 13.2 Å². The van der Waals surface area contributed by atoms with Gasteiger partial charge in [-0.15, -0.1) is 0 Å². The van der Waals surface area contributed by atoms with Crippen molar-refractivity contribution in [1.82, 2.24) is 5.32 Å².